The van der Waals surface area contributed by atoms with Crippen molar-refractivity contribution in [3.05, 3.63) is 140 Å². The Morgan fingerprint density at radius 2 is 0.980 bits per heavy atom. The molecule has 1 aliphatic heterocycles. The Hall–Kier alpha value is -6.37. The van der Waals surface area contributed by atoms with E-state index in [2.05, 4.69) is 128 Å². The SMILES string of the molecule is C[Si]1(C)c2ccccc2-c2c1cc(-c1nc(-c3cccc4ccccc34)nc(-c3cccc4c3oc3ccccc34)n1)c1c2oc2ccccc21. The number of para-hydroxylation sites is 3. The Morgan fingerprint density at radius 1 is 0.431 bits per heavy atom. The van der Waals surface area contributed by atoms with Crippen LogP contribution in [0.3, 0.4) is 0 Å². The number of nitrogens with zero attached hydrogens (tertiary/aromatic N) is 3. The molecule has 0 fully saturated rings. The molecule has 0 bridgehead atoms. The maximum atomic E-state index is 6.82. The third-order valence-electron chi connectivity index (χ3n) is 10.7. The van der Waals surface area contributed by atoms with E-state index in [0.717, 1.165) is 71.3 Å². The van der Waals surface area contributed by atoms with Crippen LogP contribution in [0.5, 0.6) is 0 Å². The molecule has 0 saturated heterocycles. The molecule has 4 heterocycles. The first-order valence-corrected chi connectivity index (χ1v) is 20.3. The van der Waals surface area contributed by atoms with Gasteiger partial charge in [-0.1, -0.05) is 128 Å². The highest BCUT2D eigenvalue weighted by Gasteiger charge is 2.40. The fourth-order valence-electron chi connectivity index (χ4n) is 8.31. The lowest BCUT2D eigenvalue weighted by atomic mass is 9.98. The van der Waals surface area contributed by atoms with Crippen molar-refractivity contribution in [2.45, 2.75) is 13.1 Å². The van der Waals surface area contributed by atoms with Gasteiger partial charge in [-0.25, -0.2) is 15.0 Å². The van der Waals surface area contributed by atoms with Gasteiger partial charge in [0.05, 0.1) is 5.56 Å². The van der Waals surface area contributed by atoms with Crippen molar-refractivity contribution in [2.75, 3.05) is 0 Å². The highest BCUT2D eigenvalue weighted by molar-refractivity contribution is 7.04. The van der Waals surface area contributed by atoms with Crippen molar-refractivity contribution in [3.8, 4) is 45.3 Å². The minimum absolute atomic E-state index is 0.564. The van der Waals surface area contributed by atoms with Crippen LogP contribution in [0, 0.1) is 0 Å². The molecule has 240 valence electrons. The molecule has 0 radical (unpaired) electrons. The van der Waals surface area contributed by atoms with Gasteiger partial charge < -0.3 is 8.83 Å². The maximum Gasteiger partial charge on any atom is 0.167 e. The summed E-state index contributed by atoms with van der Waals surface area (Å²) in [4.78, 5) is 15.9. The lowest BCUT2D eigenvalue weighted by Crippen LogP contribution is -2.49. The molecule has 3 aromatic heterocycles. The van der Waals surface area contributed by atoms with E-state index in [0.29, 0.717) is 17.5 Å². The number of furan rings is 2. The van der Waals surface area contributed by atoms with Gasteiger partial charge in [-0.3, -0.25) is 0 Å². The summed E-state index contributed by atoms with van der Waals surface area (Å²) >= 11 is 0. The minimum Gasteiger partial charge on any atom is -0.455 e. The van der Waals surface area contributed by atoms with Crippen molar-refractivity contribution >= 4 is 73.1 Å². The summed E-state index contributed by atoms with van der Waals surface area (Å²) in [6.45, 7) is 4.86. The molecule has 0 unspecified atom stereocenters. The quantitative estimate of drug-likeness (QED) is 0.175. The second-order valence-electron chi connectivity index (χ2n) is 13.9. The Kier molecular flexibility index (Phi) is 5.76. The molecule has 0 atom stereocenters. The van der Waals surface area contributed by atoms with Crippen LogP contribution in [0.2, 0.25) is 13.1 Å². The molecule has 0 N–H and O–H groups in total. The van der Waals surface area contributed by atoms with E-state index in [1.807, 2.05) is 24.3 Å². The van der Waals surface area contributed by atoms with Crippen LogP contribution < -0.4 is 10.4 Å². The molecule has 0 amide bonds. The van der Waals surface area contributed by atoms with Crippen LogP contribution in [-0.2, 0) is 0 Å². The largest absolute Gasteiger partial charge is 0.455 e. The van der Waals surface area contributed by atoms with Crippen molar-refractivity contribution in [3.63, 3.8) is 0 Å². The minimum atomic E-state index is -2.10. The third-order valence-corrected chi connectivity index (χ3v) is 14.3. The van der Waals surface area contributed by atoms with Crippen LogP contribution in [-0.4, -0.2) is 23.0 Å². The molecule has 10 aromatic rings. The van der Waals surface area contributed by atoms with Gasteiger partial charge in [-0.15, -0.1) is 0 Å². The molecule has 0 spiro atoms. The van der Waals surface area contributed by atoms with Gasteiger partial charge in [-0.2, -0.15) is 0 Å². The summed E-state index contributed by atoms with van der Waals surface area (Å²) in [6.07, 6.45) is 0. The lowest BCUT2D eigenvalue weighted by Gasteiger charge is -2.19. The zero-order chi connectivity index (χ0) is 33.8. The molecule has 6 heteroatoms. The molecule has 1 aliphatic rings. The molecule has 5 nitrogen and oxygen atoms in total. The normalized spacial score (nSPS) is 13.5. The summed E-state index contributed by atoms with van der Waals surface area (Å²) in [7, 11) is -2.10. The monoisotopic (exact) mass is 671 g/mol. The molecular weight excluding hydrogens is 643 g/mol. The Bertz CT molecular complexity index is 3080. The van der Waals surface area contributed by atoms with Crippen LogP contribution in [0.1, 0.15) is 0 Å². The second kappa shape index (κ2) is 10.3. The highest BCUT2D eigenvalue weighted by Crippen LogP contribution is 2.44. The zero-order valence-corrected chi connectivity index (χ0v) is 28.9. The van der Waals surface area contributed by atoms with Gasteiger partial charge in [0.15, 0.2) is 17.5 Å². The van der Waals surface area contributed by atoms with Crippen LogP contribution in [0.15, 0.2) is 148 Å². The summed E-state index contributed by atoms with van der Waals surface area (Å²) in [6, 6.07) is 48.5. The van der Waals surface area contributed by atoms with E-state index in [9.17, 15) is 0 Å². The first kappa shape index (κ1) is 28.5. The van der Waals surface area contributed by atoms with Crippen molar-refractivity contribution in [1.82, 2.24) is 15.0 Å². The average Bonchev–Trinajstić information content (AvgIpc) is 3.82. The Balaban J connectivity index is 1.27. The molecule has 51 heavy (non-hydrogen) atoms. The fraction of sp³-hybridized carbons (Fsp3) is 0.0444. The Morgan fingerprint density at radius 3 is 1.82 bits per heavy atom. The van der Waals surface area contributed by atoms with E-state index < -0.39 is 8.07 Å². The van der Waals surface area contributed by atoms with Gasteiger partial charge in [-0.05, 0) is 51.0 Å². The zero-order valence-electron chi connectivity index (χ0n) is 27.9. The first-order chi connectivity index (χ1) is 25.0. The second-order valence-corrected chi connectivity index (χ2v) is 18.3. The van der Waals surface area contributed by atoms with Gasteiger partial charge in [0.25, 0.3) is 0 Å². The highest BCUT2D eigenvalue weighted by atomic mass is 28.3. The topological polar surface area (TPSA) is 65.0 Å². The summed E-state index contributed by atoms with van der Waals surface area (Å²) in [5.74, 6) is 1.78. The van der Waals surface area contributed by atoms with E-state index in [4.69, 9.17) is 23.8 Å². The van der Waals surface area contributed by atoms with Gasteiger partial charge >= 0.3 is 0 Å². The standard InChI is InChI=1S/C45H29N3O2Si/c1-51(2)37-24-10-7-18-32(37)40-38(51)25-34(39-31-17-6-9-23-36(31)50-42(39)40)45-47-43(30-20-11-14-26-13-3-4-15-27(26)30)46-44(48-45)33-21-12-19-29-28-16-5-8-22-35(28)49-41(29)33/h3-25H,1-2H3. The summed E-state index contributed by atoms with van der Waals surface area (Å²) in [5, 5.41) is 9.13. The third kappa shape index (κ3) is 3.99. The van der Waals surface area contributed by atoms with Crippen LogP contribution in [0.4, 0.5) is 0 Å². The van der Waals surface area contributed by atoms with E-state index in [-0.39, 0.29) is 0 Å². The average molecular weight is 672 g/mol. The number of rotatable bonds is 3. The van der Waals surface area contributed by atoms with Crippen molar-refractivity contribution in [1.29, 1.82) is 0 Å². The van der Waals surface area contributed by atoms with Crippen LogP contribution in [0.25, 0.3) is 99.9 Å². The number of hydrogen-bond acceptors (Lipinski definition) is 5. The predicted molar refractivity (Wildman–Crippen MR) is 210 cm³/mol. The van der Waals surface area contributed by atoms with Gasteiger partial charge in [0.1, 0.15) is 30.4 Å². The van der Waals surface area contributed by atoms with E-state index >= 15 is 0 Å². The van der Waals surface area contributed by atoms with Crippen LogP contribution >= 0.6 is 0 Å². The number of aromatic nitrogens is 3. The molecule has 7 aromatic carbocycles. The van der Waals surface area contributed by atoms with Gasteiger partial charge in [0.2, 0.25) is 0 Å². The molecule has 11 rings (SSSR count). The summed E-state index contributed by atoms with van der Waals surface area (Å²) in [5.41, 5.74) is 8.53. The number of benzene rings is 7. The van der Waals surface area contributed by atoms with Crippen molar-refractivity contribution in [2.24, 2.45) is 0 Å². The molecule has 0 saturated carbocycles. The number of fused-ring (bicyclic) bond motifs is 11. The fourth-order valence-corrected chi connectivity index (χ4v) is 11.4. The van der Waals surface area contributed by atoms with E-state index in [1.54, 1.807) is 0 Å². The number of hydrogen-bond donors (Lipinski definition) is 0. The lowest BCUT2D eigenvalue weighted by molar-refractivity contribution is 0.669. The first-order valence-electron chi connectivity index (χ1n) is 17.3. The van der Waals surface area contributed by atoms with Crippen molar-refractivity contribution < 1.29 is 8.83 Å². The smallest absolute Gasteiger partial charge is 0.167 e. The molecule has 0 aliphatic carbocycles. The van der Waals surface area contributed by atoms with Gasteiger partial charge in [0, 0.05) is 38.2 Å². The van der Waals surface area contributed by atoms with E-state index in [1.165, 1.54) is 21.5 Å². The maximum absolute atomic E-state index is 6.82. The Labute approximate surface area is 293 Å². The molecular formula is C45H29N3O2Si. The summed E-state index contributed by atoms with van der Waals surface area (Å²) < 4.78 is 13.4. The predicted octanol–water partition coefficient (Wildman–Crippen LogP) is 10.6.